The number of carbonyl (C=O) groups excluding carboxylic acids is 1. The lowest BCUT2D eigenvalue weighted by atomic mass is 9.79. The van der Waals surface area contributed by atoms with Gasteiger partial charge in [0, 0.05) is 28.9 Å². The van der Waals surface area contributed by atoms with Crippen LogP contribution in [-0.2, 0) is 0 Å². The number of fused-ring (bicyclic) bond motifs is 1. The Labute approximate surface area is 164 Å². The molecule has 0 aromatic heterocycles. The van der Waals surface area contributed by atoms with E-state index >= 15 is 0 Å². The normalized spacial score (nSPS) is 18.2. The zero-order valence-electron chi connectivity index (χ0n) is 16.6. The maximum Gasteiger partial charge on any atom is 0.271 e. The zero-order valence-corrected chi connectivity index (χ0v) is 16.6. The van der Waals surface area contributed by atoms with E-state index in [9.17, 15) is 13.6 Å². The minimum Gasteiger partial charge on any atom is -0.366 e. The third-order valence-corrected chi connectivity index (χ3v) is 5.28. The number of benzene rings is 2. The molecule has 0 saturated carbocycles. The number of nitrogens with zero attached hydrogens (tertiary/aromatic N) is 2. The second-order valence-corrected chi connectivity index (χ2v) is 7.80. The molecule has 0 spiro atoms. The number of hydrogen-bond donors (Lipinski definition) is 1. The van der Waals surface area contributed by atoms with E-state index in [0.29, 0.717) is 5.56 Å². The highest BCUT2D eigenvalue weighted by atomic mass is 19.1. The van der Waals surface area contributed by atoms with Crippen molar-refractivity contribution in [1.29, 1.82) is 0 Å². The van der Waals surface area contributed by atoms with Crippen LogP contribution in [-0.4, -0.2) is 24.2 Å². The molecule has 1 amide bonds. The number of rotatable bonds is 4. The van der Waals surface area contributed by atoms with Crippen molar-refractivity contribution >= 4 is 17.8 Å². The predicted molar refractivity (Wildman–Crippen MR) is 108 cm³/mol. The second kappa shape index (κ2) is 7.70. The summed E-state index contributed by atoms with van der Waals surface area (Å²) in [6.07, 6.45) is 2.25. The Balaban J connectivity index is 1.83. The number of hydrazone groups is 1. The number of amides is 1. The Morgan fingerprint density at radius 1 is 1.32 bits per heavy atom. The van der Waals surface area contributed by atoms with Gasteiger partial charge in [-0.05, 0) is 69.0 Å². The van der Waals surface area contributed by atoms with E-state index in [1.807, 2.05) is 0 Å². The smallest absolute Gasteiger partial charge is 0.271 e. The fourth-order valence-corrected chi connectivity index (χ4v) is 4.07. The maximum absolute atomic E-state index is 14.7. The highest BCUT2D eigenvalue weighted by Gasteiger charge is 2.36. The molecule has 6 heteroatoms. The van der Waals surface area contributed by atoms with Gasteiger partial charge in [-0.1, -0.05) is 13.0 Å². The summed E-state index contributed by atoms with van der Waals surface area (Å²) in [5, 5.41) is 3.85. The molecule has 0 aliphatic carbocycles. The van der Waals surface area contributed by atoms with Crippen LogP contribution >= 0.6 is 0 Å². The molecular weight excluding hydrogens is 360 g/mol. The van der Waals surface area contributed by atoms with Gasteiger partial charge in [0.25, 0.3) is 5.91 Å². The summed E-state index contributed by atoms with van der Waals surface area (Å²) in [7, 11) is 0. The fraction of sp³-hybridized carbons (Fsp3) is 0.364. The summed E-state index contributed by atoms with van der Waals surface area (Å²) in [6, 6.07) is 8.64. The molecule has 28 heavy (non-hydrogen) atoms. The van der Waals surface area contributed by atoms with E-state index in [2.05, 4.69) is 43.1 Å². The van der Waals surface area contributed by atoms with Crippen LogP contribution in [0, 0.1) is 11.6 Å². The molecule has 1 aliphatic rings. The lowest BCUT2D eigenvalue weighted by molar-refractivity contribution is 0.0954. The Morgan fingerprint density at radius 3 is 2.75 bits per heavy atom. The fourth-order valence-electron chi connectivity index (χ4n) is 4.07. The first-order chi connectivity index (χ1) is 13.2. The molecule has 2 aromatic rings. The monoisotopic (exact) mass is 385 g/mol. The largest absolute Gasteiger partial charge is 0.366 e. The molecule has 0 bridgehead atoms. The summed E-state index contributed by atoms with van der Waals surface area (Å²) in [5.74, 6) is -1.18. The number of halogens is 2. The van der Waals surface area contributed by atoms with Gasteiger partial charge in [-0.3, -0.25) is 4.79 Å². The molecule has 0 fully saturated rings. The number of anilines is 1. The van der Waals surface area contributed by atoms with Gasteiger partial charge in [0.05, 0.1) is 6.21 Å². The van der Waals surface area contributed by atoms with E-state index in [-0.39, 0.29) is 17.0 Å². The summed E-state index contributed by atoms with van der Waals surface area (Å²) < 4.78 is 27.9. The van der Waals surface area contributed by atoms with Gasteiger partial charge in [0.1, 0.15) is 11.6 Å². The summed E-state index contributed by atoms with van der Waals surface area (Å²) >= 11 is 0. The highest BCUT2D eigenvalue weighted by molar-refractivity contribution is 5.95. The van der Waals surface area contributed by atoms with Crippen molar-refractivity contribution in [2.24, 2.45) is 5.10 Å². The van der Waals surface area contributed by atoms with Crippen molar-refractivity contribution in [3.63, 3.8) is 0 Å². The number of nitrogens with one attached hydrogen (secondary N) is 1. The molecule has 3 rings (SSSR count). The summed E-state index contributed by atoms with van der Waals surface area (Å²) in [6.45, 7) is 9.34. The summed E-state index contributed by atoms with van der Waals surface area (Å²) in [5.41, 5.74) is 4.71. The minimum atomic E-state index is -0.554. The van der Waals surface area contributed by atoms with Gasteiger partial charge in [-0.15, -0.1) is 0 Å². The summed E-state index contributed by atoms with van der Waals surface area (Å²) in [4.78, 5) is 14.2. The third kappa shape index (κ3) is 3.91. The van der Waals surface area contributed by atoms with Gasteiger partial charge in [-0.25, -0.2) is 14.2 Å². The van der Waals surface area contributed by atoms with Gasteiger partial charge >= 0.3 is 0 Å². The molecule has 1 atom stereocenters. The second-order valence-electron chi connectivity index (χ2n) is 7.80. The first-order valence-electron chi connectivity index (χ1n) is 9.43. The Morgan fingerprint density at radius 2 is 2.07 bits per heavy atom. The maximum atomic E-state index is 14.7. The van der Waals surface area contributed by atoms with Crippen molar-refractivity contribution in [3.05, 3.63) is 64.7 Å². The molecule has 4 nitrogen and oxygen atoms in total. The van der Waals surface area contributed by atoms with Crippen LogP contribution in [0.5, 0.6) is 0 Å². The predicted octanol–water partition coefficient (Wildman–Crippen LogP) is 4.84. The SMILES string of the molecule is CCN1c2cc(F)c(/C=N\NC(=O)c3cccc(F)c3)cc2C(C)CC1(C)C. The van der Waals surface area contributed by atoms with Gasteiger partial charge < -0.3 is 4.90 Å². The van der Waals surface area contributed by atoms with Crippen LogP contribution < -0.4 is 10.3 Å². The average Bonchev–Trinajstić information content (AvgIpc) is 2.62. The molecule has 148 valence electrons. The van der Waals surface area contributed by atoms with Crippen LogP contribution in [0.4, 0.5) is 14.5 Å². The third-order valence-electron chi connectivity index (χ3n) is 5.28. The van der Waals surface area contributed by atoms with Crippen molar-refractivity contribution in [2.75, 3.05) is 11.4 Å². The van der Waals surface area contributed by atoms with E-state index in [1.54, 1.807) is 12.1 Å². The Bertz CT molecular complexity index is 924. The number of carbonyl (C=O) groups is 1. The van der Waals surface area contributed by atoms with Gasteiger partial charge in [0.15, 0.2) is 0 Å². The van der Waals surface area contributed by atoms with Crippen LogP contribution in [0.25, 0.3) is 0 Å². The van der Waals surface area contributed by atoms with E-state index in [1.165, 1.54) is 24.4 Å². The van der Waals surface area contributed by atoms with Crippen LogP contribution in [0.1, 0.15) is 61.5 Å². The molecular formula is C22H25F2N3O. The van der Waals surface area contributed by atoms with Crippen LogP contribution in [0.3, 0.4) is 0 Å². The number of hydrogen-bond acceptors (Lipinski definition) is 3. The Kier molecular flexibility index (Phi) is 5.49. The molecule has 1 N–H and O–H groups in total. The highest BCUT2D eigenvalue weighted by Crippen LogP contribution is 2.43. The van der Waals surface area contributed by atoms with E-state index in [0.717, 1.165) is 30.3 Å². The van der Waals surface area contributed by atoms with Crippen molar-refractivity contribution in [2.45, 2.75) is 45.6 Å². The minimum absolute atomic E-state index is 0.0395. The standard InChI is InChI=1S/C22H25F2N3O/c1-5-27-20-11-19(24)16(10-18(20)14(2)12-22(27,3)4)13-25-26-21(28)15-7-6-8-17(23)9-15/h6-11,13-14H,5,12H2,1-4H3,(H,26,28)/b25-13-. The van der Waals surface area contributed by atoms with Gasteiger partial charge in [0.2, 0.25) is 0 Å². The van der Waals surface area contributed by atoms with Crippen LogP contribution in [0.15, 0.2) is 41.5 Å². The molecule has 0 saturated heterocycles. The Hall–Kier alpha value is -2.76. The van der Waals surface area contributed by atoms with Crippen LogP contribution in [0.2, 0.25) is 0 Å². The van der Waals surface area contributed by atoms with Crippen molar-refractivity contribution in [3.8, 4) is 0 Å². The van der Waals surface area contributed by atoms with E-state index < -0.39 is 17.5 Å². The van der Waals surface area contributed by atoms with Gasteiger partial charge in [-0.2, -0.15) is 5.10 Å². The molecule has 1 aliphatic heterocycles. The van der Waals surface area contributed by atoms with Crippen molar-refractivity contribution < 1.29 is 13.6 Å². The lowest BCUT2D eigenvalue weighted by Crippen LogP contribution is -2.48. The first-order valence-corrected chi connectivity index (χ1v) is 9.43. The zero-order chi connectivity index (χ0) is 20.5. The molecule has 1 unspecified atom stereocenters. The van der Waals surface area contributed by atoms with E-state index in [4.69, 9.17) is 0 Å². The topological polar surface area (TPSA) is 44.7 Å². The first kappa shape index (κ1) is 20.0. The molecule has 1 heterocycles. The molecule has 2 aromatic carbocycles. The quantitative estimate of drug-likeness (QED) is 0.605. The average molecular weight is 385 g/mol. The molecule has 0 radical (unpaired) electrons. The van der Waals surface area contributed by atoms with Crippen molar-refractivity contribution in [1.82, 2.24) is 5.43 Å². The lowest BCUT2D eigenvalue weighted by Gasteiger charge is -2.47.